The van der Waals surface area contributed by atoms with Crippen LogP contribution in [0.25, 0.3) is 0 Å². The molecule has 0 bridgehead atoms. The van der Waals surface area contributed by atoms with Gasteiger partial charge in [0.1, 0.15) is 4.90 Å². The average molecular weight is 420 g/mol. The Bertz CT molecular complexity index is 973. The van der Waals surface area contributed by atoms with Crippen molar-refractivity contribution in [3.05, 3.63) is 54.0 Å². The number of aromatic nitrogens is 2. The second-order valence-corrected chi connectivity index (χ2v) is 9.77. The Hall–Kier alpha value is -1.90. The molecule has 0 amide bonds. The van der Waals surface area contributed by atoms with Crippen molar-refractivity contribution in [2.75, 3.05) is 18.8 Å². The molecule has 2 aromatic rings. The molecule has 0 atom stereocenters. The van der Waals surface area contributed by atoms with E-state index >= 15 is 0 Å². The van der Waals surface area contributed by atoms with E-state index in [2.05, 4.69) is 16.1 Å². The summed E-state index contributed by atoms with van der Waals surface area (Å²) >= 11 is 1.31. The summed E-state index contributed by atoms with van der Waals surface area (Å²) in [6.07, 6.45) is 4.99. The predicted molar refractivity (Wildman–Crippen MR) is 111 cm³/mol. The van der Waals surface area contributed by atoms with Crippen LogP contribution in [0, 0.1) is 13.8 Å². The van der Waals surface area contributed by atoms with Gasteiger partial charge in [0, 0.05) is 42.8 Å². The third-order valence-electron chi connectivity index (χ3n) is 4.95. The standard InChI is InChI=1S/C20H25N3O3S2/c1-4-9-23-15(2)12-18(16(23)3)19(24)14-27-20-8-7-17(13-21-20)28(25,26)22-10-5-6-11-22/h4,7-8,12-13H,1,5-6,9-11,14H2,2-3H3. The van der Waals surface area contributed by atoms with E-state index in [9.17, 15) is 13.2 Å². The number of carbonyl (C=O) groups is 1. The number of Topliss-reactive ketones (excluding diaryl/α,β-unsaturated/α-hetero) is 1. The van der Waals surface area contributed by atoms with Gasteiger partial charge in [-0.3, -0.25) is 4.79 Å². The molecule has 150 valence electrons. The van der Waals surface area contributed by atoms with Crippen LogP contribution in [0.5, 0.6) is 0 Å². The maximum absolute atomic E-state index is 12.6. The fourth-order valence-corrected chi connectivity index (χ4v) is 5.58. The Labute approximate surface area is 170 Å². The highest BCUT2D eigenvalue weighted by Gasteiger charge is 2.27. The first kappa shape index (κ1) is 20.8. The molecule has 28 heavy (non-hydrogen) atoms. The number of sulfonamides is 1. The summed E-state index contributed by atoms with van der Waals surface area (Å²) in [6, 6.07) is 5.15. The van der Waals surface area contributed by atoms with Gasteiger partial charge < -0.3 is 4.57 Å². The minimum Gasteiger partial charge on any atom is -0.345 e. The van der Waals surface area contributed by atoms with Gasteiger partial charge in [-0.25, -0.2) is 13.4 Å². The van der Waals surface area contributed by atoms with Crippen LogP contribution in [0.3, 0.4) is 0 Å². The summed E-state index contributed by atoms with van der Waals surface area (Å²) in [6.45, 7) is 9.47. The average Bonchev–Trinajstić information content (AvgIpc) is 3.31. The summed E-state index contributed by atoms with van der Waals surface area (Å²) in [5.74, 6) is 0.285. The largest absolute Gasteiger partial charge is 0.345 e. The maximum Gasteiger partial charge on any atom is 0.244 e. The molecule has 0 aromatic carbocycles. The van der Waals surface area contributed by atoms with E-state index in [4.69, 9.17) is 0 Å². The van der Waals surface area contributed by atoms with Crippen molar-refractivity contribution in [1.29, 1.82) is 0 Å². The Morgan fingerprint density at radius 1 is 1.29 bits per heavy atom. The van der Waals surface area contributed by atoms with E-state index in [1.807, 2.05) is 26.0 Å². The van der Waals surface area contributed by atoms with Gasteiger partial charge >= 0.3 is 0 Å². The summed E-state index contributed by atoms with van der Waals surface area (Å²) in [7, 11) is -3.46. The van der Waals surface area contributed by atoms with Crippen LogP contribution in [0.2, 0.25) is 0 Å². The van der Waals surface area contributed by atoms with Crippen LogP contribution >= 0.6 is 11.8 Å². The molecule has 0 spiro atoms. The molecule has 0 saturated carbocycles. The van der Waals surface area contributed by atoms with Gasteiger partial charge in [0.2, 0.25) is 10.0 Å². The first-order valence-corrected chi connectivity index (χ1v) is 11.7. The number of hydrogen-bond donors (Lipinski definition) is 0. The first-order chi connectivity index (χ1) is 13.3. The van der Waals surface area contributed by atoms with Crippen molar-refractivity contribution in [2.24, 2.45) is 0 Å². The van der Waals surface area contributed by atoms with Crippen LogP contribution in [0.15, 0.2) is 47.0 Å². The van der Waals surface area contributed by atoms with Gasteiger partial charge in [-0.2, -0.15) is 4.31 Å². The number of carbonyl (C=O) groups excluding carboxylic acids is 1. The molecule has 0 radical (unpaired) electrons. The Morgan fingerprint density at radius 3 is 2.61 bits per heavy atom. The summed E-state index contributed by atoms with van der Waals surface area (Å²) in [5, 5.41) is 0.633. The smallest absolute Gasteiger partial charge is 0.244 e. The molecule has 2 aromatic heterocycles. The highest BCUT2D eigenvalue weighted by Crippen LogP contribution is 2.24. The molecule has 1 saturated heterocycles. The molecule has 3 heterocycles. The maximum atomic E-state index is 12.6. The number of aryl methyl sites for hydroxylation is 1. The molecule has 1 aliphatic heterocycles. The van der Waals surface area contributed by atoms with E-state index in [0.717, 1.165) is 24.2 Å². The van der Waals surface area contributed by atoms with Crippen molar-refractivity contribution >= 4 is 27.6 Å². The van der Waals surface area contributed by atoms with Crippen molar-refractivity contribution in [3.8, 4) is 0 Å². The second kappa shape index (κ2) is 8.63. The van der Waals surface area contributed by atoms with E-state index < -0.39 is 10.0 Å². The van der Waals surface area contributed by atoms with Crippen LogP contribution < -0.4 is 0 Å². The minimum atomic E-state index is -3.46. The third kappa shape index (κ3) is 4.24. The van der Waals surface area contributed by atoms with Crippen LogP contribution in [-0.4, -0.2) is 46.9 Å². The predicted octanol–water partition coefficient (Wildman–Crippen LogP) is 3.45. The first-order valence-electron chi connectivity index (χ1n) is 9.24. The van der Waals surface area contributed by atoms with Gasteiger partial charge in [-0.15, -0.1) is 6.58 Å². The van der Waals surface area contributed by atoms with Gasteiger partial charge in [0.15, 0.2) is 5.78 Å². The topological polar surface area (TPSA) is 72.3 Å². The van der Waals surface area contributed by atoms with Crippen molar-refractivity contribution in [1.82, 2.24) is 13.9 Å². The van der Waals surface area contributed by atoms with Gasteiger partial charge in [-0.1, -0.05) is 17.8 Å². The monoisotopic (exact) mass is 419 g/mol. The van der Waals surface area contributed by atoms with Gasteiger partial charge in [-0.05, 0) is 44.9 Å². The van der Waals surface area contributed by atoms with Crippen molar-refractivity contribution < 1.29 is 13.2 Å². The molecular formula is C20H25N3O3S2. The quantitative estimate of drug-likeness (QED) is 0.372. The lowest BCUT2D eigenvalue weighted by Crippen LogP contribution is -2.27. The molecule has 1 aliphatic rings. The lowest BCUT2D eigenvalue weighted by atomic mass is 10.2. The zero-order valence-electron chi connectivity index (χ0n) is 16.2. The molecule has 3 rings (SSSR count). The molecule has 0 unspecified atom stereocenters. The van der Waals surface area contributed by atoms with E-state index in [1.54, 1.807) is 12.1 Å². The number of rotatable bonds is 8. The fourth-order valence-electron chi connectivity index (χ4n) is 3.39. The lowest BCUT2D eigenvalue weighted by molar-refractivity contribution is 0.102. The fraction of sp³-hybridized carbons (Fsp3) is 0.400. The number of nitrogens with zero attached hydrogens (tertiary/aromatic N) is 3. The van der Waals surface area contributed by atoms with Crippen LogP contribution in [0.4, 0.5) is 0 Å². The highest BCUT2D eigenvalue weighted by atomic mass is 32.2. The zero-order valence-corrected chi connectivity index (χ0v) is 17.9. The number of thioether (sulfide) groups is 1. The Balaban J connectivity index is 1.66. The summed E-state index contributed by atoms with van der Waals surface area (Å²) in [4.78, 5) is 17.1. The van der Waals surface area contributed by atoms with Crippen molar-refractivity contribution in [2.45, 2.75) is 43.2 Å². The summed E-state index contributed by atoms with van der Waals surface area (Å²) < 4.78 is 28.6. The molecular weight excluding hydrogens is 394 g/mol. The Morgan fingerprint density at radius 2 is 2.00 bits per heavy atom. The number of ketones is 1. The zero-order chi connectivity index (χ0) is 20.3. The molecule has 6 nitrogen and oxygen atoms in total. The number of allylic oxidation sites excluding steroid dienone is 1. The third-order valence-corrected chi connectivity index (χ3v) is 7.77. The van der Waals surface area contributed by atoms with E-state index in [1.165, 1.54) is 22.3 Å². The SMILES string of the molecule is C=CCn1c(C)cc(C(=O)CSc2ccc(S(=O)(=O)N3CCCC3)cn2)c1C. The molecule has 0 N–H and O–H groups in total. The molecule has 0 aliphatic carbocycles. The van der Waals surface area contributed by atoms with Gasteiger partial charge in [0.25, 0.3) is 0 Å². The van der Waals surface area contributed by atoms with Gasteiger partial charge in [0.05, 0.1) is 10.8 Å². The minimum absolute atomic E-state index is 0.0315. The highest BCUT2D eigenvalue weighted by molar-refractivity contribution is 7.99. The lowest BCUT2D eigenvalue weighted by Gasteiger charge is -2.15. The second-order valence-electron chi connectivity index (χ2n) is 6.84. The number of hydrogen-bond acceptors (Lipinski definition) is 5. The van der Waals surface area contributed by atoms with Crippen LogP contribution in [0.1, 0.15) is 34.6 Å². The van der Waals surface area contributed by atoms with Crippen LogP contribution in [-0.2, 0) is 16.6 Å². The Kier molecular flexibility index (Phi) is 6.42. The normalized spacial score (nSPS) is 15.1. The molecule has 8 heteroatoms. The van der Waals surface area contributed by atoms with Crippen molar-refractivity contribution in [3.63, 3.8) is 0 Å². The summed E-state index contributed by atoms with van der Waals surface area (Å²) in [5.41, 5.74) is 2.67. The molecule has 1 fully saturated rings. The number of pyridine rings is 1. The van der Waals surface area contributed by atoms with E-state index in [-0.39, 0.29) is 16.4 Å². The van der Waals surface area contributed by atoms with E-state index in [0.29, 0.717) is 30.2 Å².